The summed E-state index contributed by atoms with van der Waals surface area (Å²) in [6.45, 7) is 11.8. The lowest BCUT2D eigenvalue weighted by molar-refractivity contribution is -0.141. The van der Waals surface area contributed by atoms with Crippen LogP contribution in [0.5, 0.6) is 0 Å². The fourth-order valence-corrected chi connectivity index (χ4v) is 4.60. The number of rotatable bonds is 7. The van der Waals surface area contributed by atoms with Crippen LogP contribution in [0.3, 0.4) is 0 Å². The molecule has 0 aliphatic carbocycles. The van der Waals surface area contributed by atoms with Gasteiger partial charge in [0.2, 0.25) is 0 Å². The van der Waals surface area contributed by atoms with Crippen LogP contribution in [0.2, 0.25) is 18.1 Å². The molecule has 0 saturated carbocycles. The molecule has 1 aromatic carbocycles. The van der Waals surface area contributed by atoms with Gasteiger partial charge in [0.1, 0.15) is 6.61 Å². The van der Waals surface area contributed by atoms with E-state index >= 15 is 0 Å². The van der Waals surface area contributed by atoms with Crippen LogP contribution in [-0.4, -0.2) is 51.1 Å². The summed E-state index contributed by atoms with van der Waals surface area (Å²) >= 11 is 0. The van der Waals surface area contributed by atoms with Gasteiger partial charge in [-0.2, -0.15) is 0 Å². The largest absolute Gasteiger partial charge is 0.469 e. The summed E-state index contributed by atoms with van der Waals surface area (Å²) in [6.07, 6.45) is 1.14. The second-order valence-electron chi connectivity index (χ2n) is 9.20. The van der Waals surface area contributed by atoms with Crippen molar-refractivity contribution in [1.29, 1.82) is 0 Å². The molecule has 1 heterocycles. The van der Waals surface area contributed by atoms with Gasteiger partial charge in [-0.05, 0) is 36.5 Å². The van der Waals surface area contributed by atoms with Crippen LogP contribution in [-0.2, 0) is 25.3 Å². The molecule has 1 saturated heterocycles. The molecule has 1 amide bonds. The van der Waals surface area contributed by atoms with E-state index in [-0.39, 0.29) is 42.3 Å². The molecule has 2 rings (SSSR count). The fourth-order valence-electron chi connectivity index (χ4n) is 3.24. The first-order valence-corrected chi connectivity index (χ1v) is 13.2. The SMILES string of the molecule is COC(=O)CCC1CC(O[Si](C)(C)C(C)(C)C)CN1C(=O)OCc1ccccc1. The zero-order chi connectivity index (χ0) is 21.7. The van der Waals surface area contributed by atoms with Crippen molar-refractivity contribution in [3.05, 3.63) is 35.9 Å². The first kappa shape index (κ1) is 23.4. The molecule has 0 aromatic heterocycles. The Labute approximate surface area is 175 Å². The third-order valence-electron chi connectivity index (χ3n) is 5.99. The van der Waals surface area contributed by atoms with Crippen molar-refractivity contribution >= 4 is 20.4 Å². The lowest BCUT2D eigenvalue weighted by Gasteiger charge is -2.38. The number of hydrogen-bond acceptors (Lipinski definition) is 5. The summed E-state index contributed by atoms with van der Waals surface area (Å²) in [5.41, 5.74) is 0.945. The molecule has 2 atom stereocenters. The van der Waals surface area contributed by atoms with Gasteiger partial charge in [-0.1, -0.05) is 51.1 Å². The summed E-state index contributed by atoms with van der Waals surface area (Å²) in [7, 11) is -0.576. The maximum Gasteiger partial charge on any atom is 0.410 e. The Hall–Kier alpha value is -1.86. The van der Waals surface area contributed by atoms with Gasteiger partial charge in [-0.15, -0.1) is 0 Å². The van der Waals surface area contributed by atoms with Gasteiger partial charge in [0, 0.05) is 19.0 Å². The molecule has 1 fully saturated rings. The molecule has 7 heteroatoms. The van der Waals surface area contributed by atoms with Crippen molar-refractivity contribution in [3.63, 3.8) is 0 Å². The molecular formula is C22H35NO5Si. The lowest BCUT2D eigenvalue weighted by atomic mass is 10.1. The average molecular weight is 422 g/mol. The maximum absolute atomic E-state index is 12.8. The number of carbonyl (C=O) groups excluding carboxylic acids is 2. The number of methoxy groups -OCH3 is 1. The van der Waals surface area contributed by atoms with Gasteiger partial charge in [0.15, 0.2) is 8.32 Å². The highest BCUT2D eigenvalue weighted by Crippen LogP contribution is 2.39. The molecule has 1 aliphatic rings. The van der Waals surface area contributed by atoms with Gasteiger partial charge in [0.05, 0.1) is 13.2 Å². The Morgan fingerprint density at radius 3 is 2.41 bits per heavy atom. The van der Waals surface area contributed by atoms with Gasteiger partial charge in [0.25, 0.3) is 0 Å². The van der Waals surface area contributed by atoms with Crippen LogP contribution in [0.4, 0.5) is 4.79 Å². The minimum Gasteiger partial charge on any atom is -0.469 e. The average Bonchev–Trinajstić information content (AvgIpc) is 3.06. The fraction of sp³-hybridized carbons (Fsp3) is 0.636. The van der Waals surface area contributed by atoms with Gasteiger partial charge < -0.3 is 18.8 Å². The van der Waals surface area contributed by atoms with E-state index < -0.39 is 8.32 Å². The van der Waals surface area contributed by atoms with E-state index in [1.54, 1.807) is 4.90 Å². The predicted molar refractivity (Wildman–Crippen MR) is 115 cm³/mol. The number of hydrogen-bond donors (Lipinski definition) is 0. The van der Waals surface area contributed by atoms with E-state index in [2.05, 4.69) is 33.9 Å². The molecule has 0 N–H and O–H groups in total. The summed E-state index contributed by atoms with van der Waals surface area (Å²) in [4.78, 5) is 26.1. The van der Waals surface area contributed by atoms with E-state index in [0.29, 0.717) is 19.4 Å². The molecule has 1 aliphatic heterocycles. The molecule has 0 spiro atoms. The molecular weight excluding hydrogens is 386 g/mol. The second-order valence-corrected chi connectivity index (χ2v) is 14.0. The maximum atomic E-state index is 12.8. The van der Waals surface area contributed by atoms with E-state index in [0.717, 1.165) is 5.56 Å². The van der Waals surface area contributed by atoms with Gasteiger partial charge in [-0.25, -0.2) is 4.79 Å². The normalized spacial score (nSPS) is 19.9. The zero-order valence-corrected chi connectivity index (χ0v) is 19.6. The Bertz CT molecular complexity index is 686. The minimum atomic E-state index is -1.96. The highest BCUT2D eigenvalue weighted by molar-refractivity contribution is 6.74. The van der Waals surface area contributed by atoms with Gasteiger partial charge in [-0.3, -0.25) is 4.79 Å². The summed E-state index contributed by atoms with van der Waals surface area (Å²) in [5, 5.41) is 0.0930. The molecule has 6 nitrogen and oxygen atoms in total. The van der Waals surface area contributed by atoms with E-state index in [1.807, 2.05) is 30.3 Å². The predicted octanol–water partition coefficient (Wildman–Crippen LogP) is 4.74. The molecule has 2 unspecified atom stereocenters. The second kappa shape index (κ2) is 9.76. The Morgan fingerprint density at radius 2 is 1.83 bits per heavy atom. The smallest absolute Gasteiger partial charge is 0.410 e. The van der Waals surface area contributed by atoms with Crippen LogP contribution in [0.15, 0.2) is 30.3 Å². The first-order valence-electron chi connectivity index (χ1n) is 10.3. The number of benzene rings is 1. The quantitative estimate of drug-likeness (QED) is 0.470. The molecule has 0 radical (unpaired) electrons. The van der Waals surface area contributed by atoms with Crippen molar-refractivity contribution < 1.29 is 23.5 Å². The number of nitrogens with zero attached hydrogens (tertiary/aromatic N) is 1. The van der Waals surface area contributed by atoms with Crippen molar-refractivity contribution in [2.45, 2.75) is 76.9 Å². The lowest BCUT2D eigenvalue weighted by Crippen LogP contribution is -2.44. The summed E-state index contributed by atoms with van der Waals surface area (Å²) in [6, 6.07) is 9.53. The third-order valence-corrected chi connectivity index (χ3v) is 10.5. The van der Waals surface area contributed by atoms with E-state index in [9.17, 15) is 9.59 Å². The van der Waals surface area contributed by atoms with Crippen LogP contribution in [0.25, 0.3) is 0 Å². The van der Waals surface area contributed by atoms with Gasteiger partial charge >= 0.3 is 12.1 Å². The van der Waals surface area contributed by atoms with Crippen LogP contribution in [0, 0.1) is 0 Å². The van der Waals surface area contributed by atoms with E-state index in [1.165, 1.54) is 7.11 Å². The minimum absolute atomic E-state index is 0.0391. The van der Waals surface area contributed by atoms with Crippen molar-refractivity contribution in [3.8, 4) is 0 Å². The zero-order valence-electron chi connectivity index (χ0n) is 18.6. The summed E-state index contributed by atoms with van der Waals surface area (Å²) < 4.78 is 16.9. The molecule has 162 valence electrons. The number of carbonyl (C=O) groups is 2. The molecule has 0 bridgehead atoms. The number of esters is 1. The highest BCUT2D eigenvalue weighted by Gasteiger charge is 2.44. The number of amides is 1. The monoisotopic (exact) mass is 421 g/mol. The summed E-state index contributed by atoms with van der Waals surface area (Å²) in [5.74, 6) is -0.267. The van der Waals surface area contributed by atoms with Crippen LogP contribution >= 0.6 is 0 Å². The van der Waals surface area contributed by atoms with E-state index in [4.69, 9.17) is 13.9 Å². The Morgan fingerprint density at radius 1 is 1.17 bits per heavy atom. The van der Waals surface area contributed by atoms with Crippen molar-refractivity contribution in [1.82, 2.24) is 4.90 Å². The van der Waals surface area contributed by atoms with Crippen LogP contribution in [0.1, 0.15) is 45.6 Å². The Balaban J connectivity index is 2.04. The highest BCUT2D eigenvalue weighted by atomic mass is 28.4. The number of ether oxygens (including phenoxy) is 2. The van der Waals surface area contributed by atoms with Crippen molar-refractivity contribution in [2.75, 3.05) is 13.7 Å². The van der Waals surface area contributed by atoms with Crippen molar-refractivity contribution in [2.24, 2.45) is 0 Å². The molecule has 29 heavy (non-hydrogen) atoms. The topological polar surface area (TPSA) is 65.1 Å². The standard InChI is InChI=1S/C22H35NO5Si/c1-22(2,3)29(5,6)28-19-14-18(12-13-20(24)26-4)23(15-19)21(25)27-16-17-10-8-7-9-11-17/h7-11,18-19H,12-16H2,1-6H3. The van der Waals surface area contributed by atoms with Crippen LogP contribution < -0.4 is 0 Å². The molecule has 1 aromatic rings. The third kappa shape index (κ3) is 6.57. The first-order chi connectivity index (χ1) is 13.5. The number of likely N-dealkylation sites (tertiary alicyclic amines) is 1. The Kier molecular flexibility index (Phi) is 7.88.